The molecule has 4 heterocycles. The highest BCUT2D eigenvalue weighted by molar-refractivity contribution is 8.04. The summed E-state index contributed by atoms with van der Waals surface area (Å²) in [6.45, 7) is 7.06. The summed E-state index contributed by atoms with van der Waals surface area (Å²) in [5.74, 6) is -0.103. The summed E-state index contributed by atoms with van der Waals surface area (Å²) >= 11 is 1.20. The summed E-state index contributed by atoms with van der Waals surface area (Å²) in [6.07, 6.45) is 10.9. The van der Waals surface area contributed by atoms with Gasteiger partial charge in [0.05, 0.1) is 57.8 Å². The Morgan fingerprint density at radius 1 is 1.27 bits per heavy atom. The first-order valence-electron chi connectivity index (χ1n) is 15.9. The summed E-state index contributed by atoms with van der Waals surface area (Å²) in [7, 11) is 4.26. The molecule has 12 heteroatoms. The lowest BCUT2D eigenvalue weighted by Gasteiger charge is -2.47. The number of allylic oxidation sites excluding steroid dienone is 4. The monoisotopic (exact) mass is 632 g/mol. The van der Waals surface area contributed by atoms with Crippen molar-refractivity contribution in [1.29, 1.82) is 5.26 Å². The lowest BCUT2D eigenvalue weighted by Crippen LogP contribution is -2.54. The molecule has 45 heavy (non-hydrogen) atoms. The normalized spacial score (nSPS) is 27.0. The van der Waals surface area contributed by atoms with Gasteiger partial charge in [-0.25, -0.2) is 4.39 Å². The van der Waals surface area contributed by atoms with Crippen LogP contribution < -0.4 is 15.8 Å². The number of fused-ring (bicyclic) bond motifs is 2. The predicted molar refractivity (Wildman–Crippen MR) is 174 cm³/mol. The largest absolute Gasteiger partial charge is 0.463 e. The van der Waals surface area contributed by atoms with E-state index in [0.717, 1.165) is 69.4 Å². The zero-order valence-electron chi connectivity index (χ0n) is 26.2. The Morgan fingerprint density at radius 3 is 2.78 bits per heavy atom. The first-order valence-corrected chi connectivity index (χ1v) is 16.8. The zero-order chi connectivity index (χ0) is 31.3. The quantitative estimate of drug-likeness (QED) is 0.385. The molecule has 3 atom stereocenters. The lowest BCUT2D eigenvalue weighted by molar-refractivity contribution is -0.0272. The standard InChI is InChI=1S/C33H41FN8O2S/c1-20-16-42(11-12-43-20)18-32(9-10-32)19-44-31-39-26-13-25(21-5-6-24(34)28-27(21)22(14-35)29(36)45-28)37-15-23(26)30(40-31)38-17-33(41(2)3)7-4-8-33/h5-6,13,15,20,27-28H,4,7-12,16-19,36H2,1-3H3,(H,38,39,40)/t20-,27?,28?/m1/s1. The number of halogens is 1. The third-order valence-electron chi connectivity index (χ3n) is 10.3. The van der Waals surface area contributed by atoms with Gasteiger partial charge < -0.3 is 25.4 Å². The summed E-state index contributed by atoms with van der Waals surface area (Å²) in [5, 5.41) is 14.1. The van der Waals surface area contributed by atoms with E-state index in [2.05, 4.69) is 42.2 Å². The number of ether oxygens (including phenoxy) is 2. The van der Waals surface area contributed by atoms with Crippen LogP contribution in [0, 0.1) is 22.7 Å². The number of nitrogens with zero attached hydrogens (tertiary/aromatic N) is 6. The van der Waals surface area contributed by atoms with E-state index in [1.54, 1.807) is 12.3 Å². The second-order valence-electron chi connectivity index (χ2n) is 13.6. The van der Waals surface area contributed by atoms with E-state index in [1.807, 2.05) is 6.07 Å². The summed E-state index contributed by atoms with van der Waals surface area (Å²) in [5.41, 5.74) is 8.78. The number of hydrogen-bond donors (Lipinski definition) is 2. The van der Waals surface area contributed by atoms with E-state index in [-0.39, 0.29) is 22.9 Å². The number of aromatic nitrogens is 3. The first kappa shape index (κ1) is 30.4. The van der Waals surface area contributed by atoms with Crippen molar-refractivity contribution in [3.8, 4) is 12.1 Å². The molecule has 0 spiro atoms. The highest BCUT2D eigenvalue weighted by Gasteiger charge is 2.46. The highest BCUT2D eigenvalue weighted by Crippen LogP contribution is 2.51. The molecule has 0 radical (unpaired) electrons. The van der Waals surface area contributed by atoms with Gasteiger partial charge in [-0.05, 0) is 70.8 Å². The molecular weight excluding hydrogens is 591 g/mol. The molecule has 10 nitrogen and oxygen atoms in total. The molecule has 238 valence electrons. The lowest BCUT2D eigenvalue weighted by atomic mass is 9.75. The van der Waals surface area contributed by atoms with Gasteiger partial charge in [-0.15, -0.1) is 0 Å². The van der Waals surface area contributed by atoms with Gasteiger partial charge >= 0.3 is 6.01 Å². The average Bonchev–Trinajstić information content (AvgIpc) is 3.67. The summed E-state index contributed by atoms with van der Waals surface area (Å²) in [6, 6.07) is 4.44. The van der Waals surface area contributed by atoms with Gasteiger partial charge in [-0.1, -0.05) is 17.8 Å². The Balaban J connectivity index is 1.19. The molecule has 2 aromatic rings. The van der Waals surface area contributed by atoms with Crippen molar-refractivity contribution in [2.45, 2.75) is 55.9 Å². The number of hydrogen-bond acceptors (Lipinski definition) is 11. The van der Waals surface area contributed by atoms with E-state index >= 15 is 0 Å². The van der Waals surface area contributed by atoms with Crippen LogP contribution in [0.25, 0.3) is 16.5 Å². The number of pyridine rings is 1. The van der Waals surface area contributed by atoms with E-state index in [0.29, 0.717) is 40.2 Å². The molecule has 5 aliphatic rings. The van der Waals surface area contributed by atoms with E-state index in [4.69, 9.17) is 30.2 Å². The van der Waals surface area contributed by atoms with Gasteiger partial charge in [0.25, 0.3) is 0 Å². The Morgan fingerprint density at radius 2 is 2.09 bits per heavy atom. The summed E-state index contributed by atoms with van der Waals surface area (Å²) in [4.78, 5) is 19.3. The minimum atomic E-state index is -0.562. The molecule has 0 bridgehead atoms. The van der Waals surface area contributed by atoms with Crippen LogP contribution in [-0.4, -0.2) is 95.1 Å². The minimum absolute atomic E-state index is 0.0808. The molecule has 2 unspecified atom stereocenters. The van der Waals surface area contributed by atoms with Crippen molar-refractivity contribution in [2.75, 3.05) is 58.8 Å². The van der Waals surface area contributed by atoms with E-state index in [1.165, 1.54) is 24.3 Å². The number of nitrogens with one attached hydrogen (secondary N) is 1. The maximum absolute atomic E-state index is 14.8. The number of morpholine rings is 1. The van der Waals surface area contributed by atoms with Crippen molar-refractivity contribution in [1.82, 2.24) is 24.8 Å². The van der Waals surface area contributed by atoms with Gasteiger partial charge in [-0.3, -0.25) is 9.88 Å². The van der Waals surface area contributed by atoms with Gasteiger partial charge in [0.15, 0.2) is 0 Å². The summed E-state index contributed by atoms with van der Waals surface area (Å²) < 4.78 is 27.0. The number of likely N-dealkylation sites (N-methyl/N-ethyl adjacent to an activating group) is 1. The third-order valence-corrected chi connectivity index (χ3v) is 11.5. The fourth-order valence-electron chi connectivity index (χ4n) is 7.07. The number of nitrogens with two attached hydrogens (primary N) is 1. The first-order chi connectivity index (χ1) is 21.7. The van der Waals surface area contributed by atoms with Crippen molar-refractivity contribution in [3.63, 3.8) is 0 Å². The number of rotatable bonds is 10. The number of thioether (sulfide) groups is 1. The minimum Gasteiger partial charge on any atom is -0.463 e. The maximum Gasteiger partial charge on any atom is 0.318 e. The van der Waals surface area contributed by atoms with Crippen LogP contribution in [-0.2, 0) is 4.74 Å². The second-order valence-corrected chi connectivity index (χ2v) is 14.7. The molecule has 1 saturated heterocycles. The van der Waals surface area contributed by atoms with Crippen molar-refractivity contribution >= 4 is 34.1 Å². The molecule has 3 N–H and O–H groups in total. The second kappa shape index (κ2) is 11.8. The number of anilines is 1. The van der Waals surface area contributed by atoms with Crippen LogP contribution in [0.3, 0.4) is 0 Å². The van der Waals surface area contributed by atoms with E-state index < -0.39 is 11.2 Å². The van der Waals surface area contributed by atoms with Crippen molar-refractivity contribution < 1.29 is 13.9 Å². The Bertz CT molecular complexity index is 1630. The fraction of sp³-hybridized carbons (Fsp3) is 0.576. The van der Waals surface area contributed by atoms with Crippen LogP contribution in [0.15, 0.2) is 40.8 Å². The van der Waals surface area contributed by atoms with Gasteiger partial charge in [0, 0.05) is 49.2 Å². The Hall–Kier alpha value is -3.24. The SMILES string of the molecule is C[C@@H]1CN(CC2(COc3nc(NCC4(N(C)C)CCC4)c4cnc(C5=CC=C(F)C6SC(N)=C(C#N)C56)cc4n3)CC2)CCO1. The fourth-order valence-corrected chi connectivity index (χ4v) is 8.25. The highest BCUT2D eigenvalue weighted by atomic mass is 32.2. The predicted octanol–water partition coefficient (Wildman–Crippen LogP) is 4.48. The van der Waals surface area contributed by atoms with Gasteiger partial charge in [0.2, 0.25) is 0 Å². The van der Waals surface area contributed by atoms with Crippen LogP contribution in [0.1, 0.15) is 44.7 Å². The number of nitriles is 1. The van der Waals surface area contributed by atoms with Gasteiger partial charge in [-0.2, -0.15) is 15.2 Å². The van der Waals surface area contributed by atoms with E-state index in [9.17, 15) is 9.65 Å². The van der Waals surface area contributed by atoms with Crippen molar-refractivity contribution in [3.05, 3.63) is 46.5 Å². The molecule has 3 fully saturated rings. The molecule has 3 aliphatic carbocycles. The molecular formula is C33H41FN8O2S. The topological polar surface area (TPSA) is 125 Å². The molecule has 7 rings (SSSR count). The molecule has 2 aromatic heterocycles. The Labute approximate surface area is 267 Å². The van der Waals surface area contributed by atoms with Crippen LogP contribution in [0.2, 0.25) is 0 Å². The van der Waals surface area contributed by atoms with Crippen LogP contribution in [0.4, 0.5) is 10.2 Å². The van der Waals surface area contributed by atoms with Crippen LogP contribution in [0.5, 0.6) is 6.01 Å². The molecule has 0 aromatic carbocycles. The smallest absolute Gasteiger partial charge is 0.318 e. The van der Waals surface area contributed by atoms with Crippen LogP contribution >= 0.6 is 11.8 Å². The zero-order valence-corrected chi connectivity index (χ0v) is 27.0. The van der Waals surface area contributed by atoms with Crippen molar-refractivity contribution in [2.24, 2.45) is 17.1 Å². The maximum atomic E-state index is 14.8. The van der Waals surface area contributed by atoms with Gasteiger partial charge in [0.1, 0.15) is 11.6 Å². The Kier molecular flexibility index (Phi) is 8.01. The molecule has 2 aliphatic heterocycles. The third kappa shape index (κ3) is 5.80. The average molecular weight is 633 g/mol. The molecule has 2 saturated carbocycles. The molecule has 0 amide bonds.